The third-order valence-electron chi connectivity index (χ3n) is 7.66. The van der Waals surface area contributed by atoms with Crippen LogP contribution >= 0.6 is 0 Å². The molecule has 0 bridgehead atoms. The molecule has 1 aromatic heterocycles. The van der Waals surface area contributed by atoms with Gasteiger partial charge >= 0.3 is 0 Å². The van der Waals surface area contributed by atoms with Crippen LogP contribution in [0.1, 0.15) is 67.7 Å². The van der Waals surface area contributed by atoms with Crippen LogP contribution in [0.5, 0.6) is 5.75 Å². The topological polar surface area (TPSA) is 85.0 Å². The zero-order valence-corrected chi connectivity index (χ0v) is 23.0. The van der Waals surface area contributed by atoms with Crippen LogP contribution in [0.4, 0.5) is 0 Å². The number of hydrogen-bond acceptors (Lipinski definition) is 5. The molecule has 0 amide bonds. The van der Waals surface area contributed by atoms with Crippen LogP contribution in [0.3, 0.4) is 0 Å². The number of nitrogens with zero attached hydrogens (tertiary/aromatic N) is 3. The number of carbonyl (C=O) groups excluding carboxylic acids is 1. The number of aromatic nitrogens is 2. The second kappa shape index (κ2) is 11.7. The molecular formula is C34H33N3O3. The van der Waals surface area contributed by atoms with Crippen molar-refractivity contribution >= 4 is 6.29 Å². The number of hydrogen-bond donors (Lipinski definition) is 0. The minimum Gasteiger partial charge on any atom is -0.480 e. The van der Waals surface area contributed by atoms with Gasteiger partial charge in [-0.2, -0.15) is 5.26 Å². The molecule has 0 atom stereocenters. The summed E-state index contributed by atoms with van der Waals surface area (Å²) in [6, 6.07) is 25.2. The van der Waals surface area contributed by atoms with Crippen molar-refractivity contribution in [3.05, 3.63) is 111 Å². The largest absolute Gasteiger partial charge is 0.480 e. The number of rotatable bonds is 10. The summed E-state index contributed by atoms with van der Waals surface area (Å²) in [6.45, 7) is 4.10. The summed E-state index contributed by atoms with van der Waals surface area (Å²) in [5.74, 6) is 1.34. The maximum Gasteiger partial charge on any atom is 0.261 e. The van der Waals surface area contributed by atoms with Gasteiger partial charge in [-0.05, 0) is 72.7 Å². The van der Waals surface area contributed by atoms with Crippen molar-refractivity contribution in [2.75, 3.05) is 0 Å². The van der Waals surface area contributed by atoms with Crippen LogP contribution < -0.4 is 10.3 Å². The van der Waals surface area contributed by atoms with Gasteiger partial charge in [-0.1, -0.05) is 62.7 Å². The molecule has 202 valence electrons. The van der Waals surface area contributed by atoms with Crippen molar-refractivity contribution in [3.8, 4) is 28.6 Å². The van der Waals surface area contributed by atoms with Crippen molar-refractivity contribution in [2.45, 2.75) is 64.4 Å². The van der Waals surface area contributed by atoms with Crippen LogP contribution in [0.2, 0.25) is 0 Å². The van der Waals surface area contributed by atoms with Gasteiger partial charge in [-0.3, -0.25) is 14.2 Å². The summed E-state index contributed by atoms with van der Waals surface area (Å²) in [6.07, 6.45) is 6.06. The van der Waals surface area contributed by atoms with Crippen molar-refractivity contribution in [3.63, 3.8) is 0 Å². The lowest BCUT2D eigenvalue weighted by molar-refractivity contribution is -0.128. The van der Waals surface area contributed by atoms with Crippen LogP contribution in [-0.4, -0.2) is 21.4 Å². The molecule has 40 heavy (non-hydrogen) atoms. The number of aldehydes is 1. The summed E-state index contributed by atoms with van der Waals surface area (Å²) in [5, 5.41) is 9.48. The van der Waals surface area contributed by atoms with Gasteiger partial charge in [0.15, 0.2) is 11.9 Å². The zero-order chi connectivity index (χ0) is 28.1. The van der Waals surface area contributed by atoms with E-state index < -0.39 is 5.60 Å². The highest BCUT2D eigenvalue weighted by atomic mass is 16.5. The predicted molar refractivity (Wildman–Crippen MR) is 156 cm³/mol. The standard InChI is InChI=1S/C34H33N3O3/c1-3-8-31-30(21-24-11-13-25(14-12-24)29-10-6-5-9-26(29)22-35)33(39)37(32(4-2)36-31)27-15-17-28(18-16-27)40-34(23-38)19-7-20-34/h5-6,9-18,23H,3-4,7-8,19-21H2,1-2H3. The van der Waals surface area contributed by atoms with E-state index in [0.29, 0.717) is 29.7 Å². The van der Waals surface area contributed by atoms with E-state index >= 15 is 0 Å². The molecule has 3 aromatic carbocycles. The first-order chi connectivity index (χ1) is 19.5. The fourth-order valence-electron chi connectivity index (χ4n) is 5.28. The van der Waals surface area contributed by atoms with Gasteiger partial charge in [0.25, 0.3) is 5.56 Å². The molecule has 0 aliphatic heterocycles. The average molecular weight is 532 g/mol. The smallest absolute Gasteiger partial charge is 0.261 e. The Bertz CT molecular complexity index is 1610. The third kappa shape index (κ3) is 5.33. The van der Waals surface area contributed by atoms with Crippen LogP contribution in [0, 0.1) is 11.3 Å². The normalized spacial score (nSPS) is 13.7. The Morgan fingerprint density at radius 1 is 1.02 bits per heavy atom. The SMILES string of the molecule is CCCc1nc(CC)n(-c2ccc(OC3(C=O)CCC3)cc2)c(=O)c1Cc1ccc(-c2ccccc2C#N)cc1. The molecule has 0 N–H and O–H groups in total. The van der Waals surface area contributed by atoms with Crippen molar-refractivity contribution in [1.29, 1.82) is 5.26 Å². The van der Waals surface area contributed by atoms with Gasteiger partial charge in [0, 0.05) is 18.4 Å². The highest BCUT2D eigenvalue weighted by molar-refractivity contribution is 5.70. The minimum absolute atomic E-state index is 0.0637. The van der Waals surface area contributed by atoms with E-state index in [2.05, 4.69) is 13.0 Å². The zero-order valence-electron chi connectivity index (χ0n) is 23.0. The maximum atomic E-state index is 14.0. The number of aryl methyl sites for hydroxylation is 2. The Balaban J connectivity index is 1.48. The molecule has 1 aliphatic rings. The summed E-state index contributed by atoms with van der Waals surface area (Å²) in [4.78, 5) is 30.5. The van der Waals surface area contributed by atoms with Crippen molar-refractivity contribution in [2.24, 2.45) is 0 Å². The van der Waals surface area contributed by atoms with E-state index in [9.17, 15) is 14.9 Å². The van der Waals surface area contributed by atoms with E-state index in [1.54, 1.807) is 4.57 Å². The summed E-state index contributed by atoms with van der Waals surface area (Å²) in [7, 11) is 0. The molecule has 0 saturated heterocycles. The first-order valence-electron chi connectivity index (χ1n) is 14.0. The monoisotopic (exact) mass is 531 g/mol. The summed E-state index contributed by atoms with van der Waals surface area (Å²) < 4.78 is 7.69. The minimum atomic E-state index is -0.713. The highest BCUT2D eigenvalue weighted by Crippen LogP contribution is 2.35. The molecule has 5 rings (SSSR count). The van der Waals surface area contributed by atoms with E-state index in [-0.39, 0.29) is 5.56 Å². The Morgan fingerprint density at radius 3 is 2.35 bits per heavy atom. The van der Waals surface area contributed by atoms with Crippen molar-refractivity contribution < 1.29 is 9.53 Å². The van der Waals surface area contributed by atoms with Gasteiger partial charge in [0.2, 0.25) is 0 Å². The van der Waals surface area contributed by atoms with Crippen LogP contribution in [0.15, 0.2) is 77.6 Å². The lowest BCUT2D eigenvalue weighted by Gasteiger charge is -2.36. The molecular weight excluding hydrogens is 498 g/mol. The molecule has 1 saturated carbocycles. The molecule has 4 aromatic rings. The van der Waals surface area contributed by atoms with Crippen molar-refractivity contribution in [1.82, 2.24) is 9.55 Å². The Kier molecular flexibility index (Phi) is 7.93. The Labute approximate surface area is 234 Å². The number of nitriles is 1. The van der Waals surface area contributed by atoms with E-state index in [1.807, 2.05) is 79.7 Å². The van der Waals surface area contributed by atoms with E-state index in [4.69, 9.17) is 9.72 Å². The number of benzene rings is 3. The first kappa shape index (κ1) is 27.1. The fourth-order valence-corrected chi connectivity index (χ4v) is 5.28. The van der Waals surface area contributed by atoms with Crippen LogP contribution in [-0.2, 0) is 24.1 Å². The quantitative estimate of drug-likeness (QED) is 0.222. The van der Waals surface area contributed by atoms with Gasteiger partial charge in [0.05, 0.1) is 23.0 Å². The predicted octanol–water partition coefficient (Wildman–Crippen LogP) is 6.38. The average Bonchev–Trinajstić information content (AvgIpc) is 2.97. The molecule has 0 unspecified atom stereocenters. The Morgan fingerprint density at radius 2 is 1.75 bits per heavy atom. The molecule has 1 aliphatic carbocycles. The molecule has 1 heterocycles. The Hall–Kier alpha value is -4.50. The van der Waals surface area contributed by atoms with Gasteiger partial charge in [0.1, 0.15) is 11.6 Å². The molecule has 6 heteroatoms. The molecule has 0 radical (unpaired) electrons. The summed E-state index contributed by atoms with van der Waals surface area (Å²) >= 11 is 0. The lowest BCUT2D eigenvalue weighted by atomic mass is 9.81. The fraction of sp³-hybridized carbons (Fsp3) is 0.294. The second-order valence-electron chi connectivity index (χ2n) is 10.4. The van der Waals surface area contributed by atoms with E-state index in [0.717, 1.165) is 72.3 Å². The summed E-state index contributed by atoms with van der Waals surface area (Å²) in [5.41, 5.74) is 4.98. The number of carbonyl (C=O) groups is 1. The molecule has 1 fully saturated rings. The van der Waals surface area contributed by atoms with Crippen LogP contribution in [0.25, 0.3) is 16.8 Å². The second-order valence-corrected chi connectivity index (χ2v) is 10.4. The number of ether oxygens (including phenoxy) is 1. The van der Waals surface area contributed by atoms with E-state index in [1.165, 1.54) is 0 Å². The maximum absolute atomic E-state index is 14.0. The molecule has 6 nitrogen and oxygen atoms in total. The van der Waals surface area contributed by atoms with Gasteiger partial charge in [-0.15, -0.1) is 0 Å². The first-order valence-corrected chi connectivity index (χ1v) is 14.0. The highest BCUT2D eigenvalue weighted by Gasteiger charge is 2.39. The third-order valence-corrected chi connectivity index (χ3v) is 7.66. The van der Waals surface area contributed by atoms with Gasteiger partial charge < -0.3 is 4.74 Å². The molecule has 0 spiro atoms. The van der Waals surface area contributed by atoms with Gasteiger partial charge in [-0.25, -0.2) is 4.98 Å². The lowest BCUT2D eigenvalue weighted by Crippen LogP contribution is -2.44.